The minimum Gasteiger partial charge on any atom is -0.449 e. The molecule has 1 saturated carbocycles. The Kier molecular flexibility index (Phi) is 4.61. The molecule has 1 aliphatic carbocycles. The van der Waals surface area contributed by atoms with Gasteiger partial charge in [-0.05, 0) is 33.1 Å². The third-order valence-corrected chi connectivity index (χ3v) is 4.50. The molecule has 1 radical (unpaired) electrons. The molecule has 1 atom stereocenters. The number of hydrogen-bond acceptors (Lipinski definition) is 4. The lowest BCUT2D eigenvalue weighted by Gasteiger charge is -2.45. The Hall–Kier alpha value is -0.900. The fraction of sp³-hybridized carbons (Fsp3) is 0.867. The van der Waals surface area contributed by atoms with E-state index in [2.05, 4.69) is 4.90 Å². The third kappa shape index (κ3) is 3.16. The smallest absolute Gasteiger partial charge is 0.418 e. The van der Waals surface area contributed by atoms with Crippen molar-refractivity contribution >= 4 is 12.3 Å². The molecule has 2 fully saturated rings. The molecule has 1 saturated heterocycles. The Balaban J connectivity index is 2.11. The third-order valence-electron chi connectivity index (χ3n) is 4.50. The first-order valence-electron chi connectivity index (χ1n) is 7.39. The van der Waals surface area contributed by atoms with Crippen LogP contribution in [0.25, 0.3) is 0 Å². The molecule has 0 aromatic carbocycles. The largest absolute Gasteiger partial charge is 0.449 e. The molecule has 0 aromatic rings. The zero-order valence-electron chi connectivity index (χ0n) is 12.0. The lowest BCUT2D eigenvalue weighted by molar-refractivity contribution is -0.140. The molecule has 0 N–H and O–H groups in total. The first-order chi connectivity index (χ1) is 9.06. The SMILES string of the molecule is CC(C)(O[C]=O)[C@@H](C(=O)C1CCCCC1)N1CCC1. The number of Topliss-reactive ketones (excluding diaryl/α,β-unsaturated/α-hetero) is 1. The second-order valence-corrected chi connectivity index (χ2v) is 6.32. The standard InChI is InChI=1S/C15H24NO3/c1-15(2,19-11-17)14(16-9-6-10-16)13(18)12-7-4-3-5-8-12/h12,14H,3-10H2,1-2H3/t14-/m1/s1. The van der Waals surface area contributed by atoms with Gasteiger partial charge in [0.1, 0.15) is 11.6 Å². The van der Waals surface area contributed by atoms with Crippen LogP contribution in [0.5, 0.6) is 0 Å². The summed E-state index contributed by atoms with van der Waals surface area (Å²) in [5.41, 5.74) is -0.781. The quantitative estimate of drug-likeness (QED) is 0.738. The van der Waals surface area contributed by atoms with Gasteiger partial charge in [-0.3, -0.25) is 9.69 Å². The molecular weight excluding hydrogens is 242 g/mol. The maximum Gasteiger partial charge on any atom is 0.418 e. The van der Waals surface area contributed by atoms with Crippen molar-refractivity contribution < 1.29 is 14.3 Å². The van der Waals surface area contributed by atoms with Crippen LogP contribution in [0.2, 0.25) is 0 Å². The summed E-state index contributed by atoms with van der Waals surface area (Å²) in [4.78, 5) is 25.5. The maximum absolute atomic E-state index is 12.8. The number of hydrogen-bond donors (Lipinski definition) is 0. The Morgan fingerprint density at radius 1 is 1.21 bits per heavy atom. The van der Waals surface area contributed by atoms with Gasteiger partial charge in [0.15, 0.2) is 5.78 Å². The summed E-state index contributed by atoms with van der Waals surface area (Å²) in [6, 6.07) is -0.300. The van der Waals surface area contributed by atoms with Crippen LogP contribution >= 0.6 is 0 Å². The van der Waals surface area contributed by atoms with E-state index in [9.17, 15) is 9.59 Å². The highest BCUT2D eigenvalue weighted by atomic mass is 16.5. The van der Waals surface area contributed by atoms with Crippen molar-refractivity contribution in [1.29, 1.82) is 0 Å². The minimum absolute atomic E-state index is 0.147. The van der Waals surface area contributed by atoms with Crippen molar-refractivity contribution in [3.63, 3.8) is 0 Å². The van der Waals surface area contributed by atoms with E-state index in [0.717, 1.165) is 45.2 Å². The number of rotatable bonds is 6. The molecule has 0 bridgehead atoms. The second kappa shape index (κ2) is 6.04. The number of nitrogens with zero attached hydrogens (tertiary/aromatic N) is 1. The molecule has 2 aliphatic rings. The molecular formula is C15H24NO3. The van der Waals surface area contributed by atoms with Crippen LogP contribution in [-0.4, -0.2) is 41.9 Å². The van der Waals surface area contributed by atoms with Gasteiger partial charge >= 0.3 is 6.47 Å². The highest BCUT2D eigenvalue weighted by molar-refractivity contribution is 5.87. The Morgan fingerprint density at radius 3 is 2.32 bits per heavy atom. The topological polar surface area (TPSA) is 46.6 Å². The van der Waals surface area contributed by atoms with Gasteiger partial charge in [-0.2, -0.15) is 0 Å². The molecule has 107 valence electrons. The van der Waals surface area contributed by atoms with Gasteiger partial charge in [-0.15, -0.1) is 0 Å². The summed E-state index contributed by atoms with van der Waals surface area (Å²) in [6.45, 7) is 7.01. The van der Waals surface area contributed by atoms with Crippen molar-refractivity contribution in [3.05, 3.63) is 0 Å². The van der Waals surface area contributed by atoms with Crippen molar-refractivity contribution in [3.8, 4) is 0 Å². The first-order valence-corrected chi connectivity index (χ1v) is 7.39. The van der Waals surface area contributed by atoms with Crippen molar-refractivity contribution in [2.45, 2.75) is 64.0 Å². The van der Waals surface area contributed by atoms with Gasteiger partial charge in [0.25, 0.3) is 0 Å². The molecule has 0 spiro atoms. The molecule has 1 aliphatic heterocycles. The van der Waals surface area contributed by atoms with Crippen LogP contribution in [0.3, 0.4) is 0 Å². The van der Waals surface area contributed by atoms with E-state index in [1.165, 1.54) is 12.9 Å². The lowest BCUT2D eigenvalue weighted by Crippen LogP contribution is -2.61. The van der Waals surface area contributed by atoms with E-state index < -0.39 is 5.60 Å². The molecule has 0 amide bonds. The summed E-state index contributed by atoms with van der Waals surface area (Å²) >= 11 is 0. The normalized spacial score (nSPS) is 23.5. The van der Waals surface area contributed by atoms with Crippen molar-refractivity contribution in [2.24, 2.45) is 5.92 Å². The average molecular weight is 266 g/mol. The van der Waals surface area contributed by atoms with Gasteiger partial charge in [0.2, 0.25) is 0 Å². The van der Waals surface area contributed by atoms with Gasteiger partial charge < -0.3 is 4.74 Å². The average Bonchev–Trinajstić information content (AvgIpc) is 2.33. The van der Waals surface area contributed by atoms with Gasteiger partial charge in [0.05, 0.1) is 0 Å². The highest BCUT2D eigenvalue weighted by Gasteiger charge is 2.45. The van der Waals surface area contributed by atoms with Crippen LogP contribution in [0.4, 0.5) is 0 Å². The van der Waals surface area contributed by atoms with Gasteiger partial charge in [-0.25, -0.2) is 4.79 Å². The molecule has 4 nitrogen and oxygen atoms in total. The summed E-state index contributed by atoms with van der Waals surface area (Å²) < 4.78 is 5.09. The van der Waals surface area contributed by atoms with Gasteiger partial charge in [0, 0.05) is 19.0 Å². The van der Waals surface area contributed by atoms with E-state index in [4.69, 9.17) is 4.74 Å². The Bertz CT molecular complexity index is 330. The molecule has 1 heterocycles. The zero-order chi connectivity index (χ0) is 13.9. The lowest BCUT2D eigenvalue weighted by atomic mass is 9.78. The van der Waals surface area contributed by atoms with Crippen molar-refractivity contribution in [2.75, 3.05) is 13.1 Å². The van der Waals surface area contributed by atoms with E-state index in [-0.39, 0.29) is 17.7 Å². The summed E-state index contributed by atoms with van der Waals surface area (Å²) in [7, 11) is 0. The second-order valence-electron chi connectivity index (χ2n) is 6.32. The predicted molar refractivity (Wildman–Crippen MR) is 72.4 cm³/mol. The van der Waals surface area contributed by atoms with Crippen LogP contribution in [0, 0.1) is 5.92 Å². The highest BCUT2D eigenvalue weighted by Crippen LogP contribution is 2.32. The Labute approximate surface area is 115 Å². The number of ether oxygens (including phenoxy) is 1. The van der Waals surface area contributed by atoms with Crippen LogP contribution in [-0.2, 0) is 14.3 Å². The van der Waals surface area contributed by atoms with E-state index in [0.29, 0.717) is 0 Å². The molecule has 19 heavy (non-hydrogen) atoms. The predicted octanol–water partition coefficient (Wildman–Crippen LogP) is 2.07. The maximum atomic E-state index is 12.8. The van der Waals surface area contributed by atoms with E-state index >= 15 is 0 Å². The molecule has 4 heteroatoms. The molecule has 0 aromatic heterocycles. The number of ketones is 1. The number of likely N-dealkylation sites (tertiary alicyclic amines) is 1. The van der Waals surface area contributed by atoms with Crippen LogP contribution in [0.15, 0.2) is 0 Å². The Morgan fingerprint density at radius 2 is 1.84 bits per heavy atom. The monoisotopic (exact) mass is 266 g/mol. The number of carbonyl (C=O) groups excluding carboxylic acids is 2. The first kappa shape index (κ1) is 14.5. The minimum atomic E-state index is -0.781. The van der Waals surface area contributed by atoms with Crippen molar-refractivity contribution in [1.82, 2.24) is 4.90 Å². The summed E-state index contributed by atoms with van der Waals surface area (Å²) in [5.74, 6) is 0.411. The van der Waals surface area contributed by atoms with Gasteiger partial charge in [-0.1, -0.05) is 19.3 Å². The summed E-state index contributed by atoms with van der Waals surface area (Å²) in [6.07, 6.45) is 6.62. The zero-order valence-corrected chi connectivity index (χ0v) is 12.0. The summed E-state index contributed by atoms with van der Waals surface area (Å²) in [5, 5.41) is 0. The van der Waals surface area contributed by atoms with E-state index in [1.54, 1.807) is 0 Å². The molecule has 2 rings (SSSR count). The van der Waals surface area contributed by atoms with Crippen LogP contribution in [0.1, 0.15) is 52.4 Å². The van der Waals surface area contributed by atoms with Crippen LogP contribution < -0.4 is 0 Å². The number of carbonyl (C=O) groups is 1. The fourth-order valence-corrected chi connectivity index (χ4v) is 3.33. The van der Waals surface area contributed by atoms with E-state index in [1.807, 2.05) is 13.8 Å². The molecule has 0 unspecified atom stereocenters. The fourth-order valence-electron chi connectivity index (χ4n) is 3.33.